The molecule has 142 valence electrons. The number of fused-ring (bicyclic) bond motifs is 4. The summed E-state index contributed by atoms with van der Waals surface area (Å²) in [4.78, 5) is 36.3. The van der Waals surface area contributed by atoms with Crippen molar-refractivity contribution < 1.29 is 9.59 Å². The summed E-state index contributed by atoms with van der Waals surface area (Å²) in [5.74, 6) is 0.335. The number of amides is 2. The van der Waals surface area contributed by atoms with Gasteiger partial charge >= 0.3 is 0 Å². The number of piperidine rings is 1. The van der Waals surface area contributed by atoms with Crippen LogP contribution in [0.1, 0.15) is 44.2 Å². The highest BCUT2D eigenvalue weighted by molar-refractivity contribution is 7.07. The average molecular weight is 377 g/mol. The van der Waals surface area contributed by atoms with Crippen LogP contribution in [0.15, 0.2) is 10.9 Å². The molecule has 7 heteroatoms. The molecule has 26 heavy (non-hydrogen) atoms. The Hall–Kier alpha value is -1.47. The van der Waals surface area contributed by atoms with Crippen LogP contribution in [0.3, 0.4) is 0 Å². The smallest absolute Gasteiger partial charge is 0.236 e. The lowest BCUT2D eigenvalue weighted by molar-refractivity contribution is -0.140. The first-order valence-corrected chi connectivity index (χ1v) is 10.7. The van der Waals surface area contributed by atoms with Crippen molar-refractivity contribution in [3.05, 3.63) is 16.6 Å². The van der Waals surface area contributed by atoms with Crippen molar-refractivity contribution in [1.82, 2.24) is 19.7 Å². The minimum atomic E-state index is -0.0480. The highest BCUT2D eigenvalue weighted by Crippen LogP contribution is 2.31. The van der Waals surface area contributed by atoms with Crippen molar-refractivity contribution in [2.75, 3.05) is 26.7 Å². The molecular formula is C19H28N4O2S. The third kappa shape index (κ3) is 3.64. The van der Waals surface area contributed by atoms with E-state index in [1.807, 2.05) is 20.7 Å². The van der Waals surface area contributed by atoms with Gasteiger partial charge in [0.1, 0.15) is 0 Å². The Labute approximate surface area is 159 Å². The van der Waals surface area contributed by atoms with Crippen molar-refractivity contribution in [3.8, 4) is 0 Å². The molecule has 1 aliphatic carbocycles. The molecule has 4 aliphatic rings. The topological polar surface area (TPSA) is 56.8 Å². The quantitative estimate of drug-likeness (QED) is 0.788. The number of rotatable bonds is 5. The van der Waals surface area contributed by atoms with Crippen LogP contribution in [0.5, 0.6) is 0 Å². The van der Waals surface area contributed by atoms with Gasteiger partial charge in [0, 0.05) is 30.6 Å². The molecule has 1 aromatic rings. The van der Waals surface area contributed by atoms with Crippen molar-refractivity contribution in [3.63, 3.8) is 0 Å². The van der Waals surface area contributed by atoms with Gasteiger partial charge in [0.15, 0.2) is 0 Å². The van der Waals surface area contributed by atoms with Crippen LogP contribution < -0.4 is 0 Å². The van der Waals surface area contributed by atoms with Crippen LogP contribution in [-0.2, 0) is 16.1 Å². The van der Waals surface area contributed by atoms with E-state index in [2.05, 4.69) is 16.9 Å². The monoisotopic (exact) mass is 376 g/mol. The number of aromatic nitrogens is 1. The van der Waals surface area contributed by atoms with Gasteiger partial charge in [0.25, 0.3) is 0 Å². The Balaban J connectivity index is 1.41. The Bertz CT molecular complexity index is 644. The number of carbonyl (C=O) groups excluding carboxylic acids is 2. The van der Waals surface area contributed by atoms with Gasteiger partial charge in [-0.25, -0.2) is 4.98 Å². The highest BCUT2D eigenvalue weighted by atomic mass is 32.1. The second-order valence-corrected chi connectivity index (χ2v) is 8.74. The molecule has 6 nitrogen and oxygen atoms in total. The van der Waals surface area contributed by atoms with Crippen LogP contribution in [0, 0.1) is 5.92 Å². The second-order valence-electron chi connectivity index (χ2n) is 8.03. The molecule has 1 aromatic heterocycles. The van der Waals surface area contributed by atoms with Gasteiger partial charge in [-0.15, -0.1) is 11.3 Å². The van der Waals surface area contributed by atoms with E-state index in [1.54, 1.807) is 11.3 Å². The number of carbonyl (C=O) groups is 2. The van der Waals surface area contributed by atoms with Gasteiger partial charge < -0.3 is 9.80 Å². The summed E-state index contributed by atoms with van der Waals surface area (Å²) in [6.45, 7) is 2.31. The van der Waals surface area contributed by atoms with Crippen LogP contribution in [-0.4, -0.2) is 70.3 Å². The van der Waals surface area contributed by atoms with Crippen molar-refractivity contribution >= 4 is 23.2 Å². The number of thiazole rings is 1. The maximum Gasteiger partial charge on any atom is 0.236 e. The lowest BCUT2D eigenvalue weighted by Gasteiger charge is -2.35. The molecule has 3 aliphatic heterocycles. The number of hydrogen-bond acceptors (Lipinski definition) is 5. The predicted molar refractivity (Wildman–Crippen MR) is 101 cm³/mol. The largest absolute Gasteiger partial charge is 0.339 e. The molecule has 2 bridgehead atoms. The molecule has 3 saturated heterocycles. The van der Waals surface area contributed by atoms with E-state index in [0.717, 1.165) is 18.5 Å². The molecule has 2 amide bonds. The molecule has 0 unspecified atom stereocenters. The Morgan fingerprint density at radius 2 is 2.08 bits per heavy atom. The summed E-state index contributed by atoms with van der Waals surface area (Å²) in [5.41, 5.74) is 2.76. The molecule has 5 rings (SSSR count). The number of hydrogen-bond donors (Lipinski definition) is 0. The third-order valence-corrected chi connectivity index (χ3v) is 6.93. The lowest BCUT2D eigenvalue weighted by atomic mass is 9.94. The molecule has 0 radical (unpaired) electrons. The summed E-state index contributed by atoms with van der Waals surface area (Å²) in [5, 5.41) is 2.01. The van der Waals surface area contributed by atoms with E-state index in [1.165, 1.54) is 25.7 Å². The van der Waals surface area contributed by atoms with Crippen LogP contribution in [0.4, 0.5) is 0 Å². The van der Waals surface area contributed by atoms with Crippen LogP contribution in [0.2, 0.25) is 0 Å². The summed E-state index contributed by atoms with van der Waals surface area (Å²) in [6.07, 6.45) is 6.85. The molecule has 1 saturated carbocycles. The van der Waals surface area contributed by atoms with Crippen molar-refractivity contribution in [2.24, 2.45) is 5.92 Å². The zero-order valence-electron chi connectivity index (χ0n) is 15.5. The van der Waals surface area contributed by atoms with Crippen LogP contribution in [0.25, 0.3) is 0 Å². The first-order valence-electron chi connectivity index (χ1n) is 9.77. The summed E-state index contributed by atoms with van der Waals surface area (Å²) in [7, 11) is 2.07. The van der Waals surface area contributed by atoms with Gasteiger partial charge in [-0.3, -0.25) is 14.5 Å². The van der Waals surface area contributed by atoms with Gasteiger partial charge in [-0.2, -0.15) is 0 Å². The van der Waals surface area contributed by atoms with Gasteiger partial charge in [0.2, 0.25) is 11.8 Å². The first kappa shape index (κ1) is 17.9. The Morgan fingerprint density at radius 1 is 1.27 bits per heavy atom. The normalized spacial score (nSPS) is 26.8. The molecule has 0 aromatic carbocycles. The van der Waals surface area contributed by atoms with Crippen molar-refractivity contribution in [2.45, 2.75) is 57.2 Å². The standard InChI is InChI=1S/C19H28N4O2S/c1-21(16-4-2-3-5-16)11-18(24)22-8-14-6-7-17(10-22)23(19(14)25)9-15-12-26-13-20-15/h12-14,16-17H,2-11H2,1H3/t14-,17+/m1/s1. The summed E-state index contributed by atoms with van der Waals surface area (Å²) in [6, 6.07) is 0.675. The van der Waals surface area contributed by atoms with Gasteiger partial charge in [0.05, 0.1) is 30.2 Å². The van der Waals surface area contributed by atoms with E-state index in [0.29, 0.717) is 32.2 Å². The molecule has 4 heterocycles. The molecule has 0 N–H and O–H groups in total. The van der Waals surface area contributed by atoms with E-state index >= 15 is 0 Å². The fraction of sp³-hybridized carbons (Fsp3) is 0.737. The number of nitrogens with zero attached hydrogens (tertiary/aromatic N) is 4. The van der Waals surface area contributed by atoms with Gasteiger partial charge in [-0.1, -0.05) is 12.8 Å². The third-order valence-electron chi connectivity index (χ3n) is 6.29. The summed E-state index contributed by atoms with van der Waals surface area (Å²) < 4.78 is 0. The van der Waals surface area contributed by atoms with Gasteiger partial charge in [-0.05, 0) is 32.7 Å². The fourth-order valence-corrected chi connectivity index (χ4v) is 5.28. The highest BCUT2D eigenvalue weighted by Gasteiger charge is 2.42. The van der Waals surface area contributed by atoms with E-state index in [9.17, 15) is 9.59 Å². The maximum atomic E-state index is 12.9. The molecule has 2 atom stereocenters. The van der Waals surface area contributed by atoms with E-state index in [4.69, 9.17) is 0 Å². The van der Waals surface area contributed by atoms with Crippen molar-refractivity contribution in [1.29, 1.82) is 0 Å². The minimum Gasteiger partial charge on any atom is -0.339 e. The molecular weight excluding hydrogens is 348 g/mol. The first-order chi connectivity index (χ1) is 12.6. The average Bonchev–Trinajstić information content (AvgIpc) is 3.27. The zero-order valence-corrected chi connectivity index (χ0v) is 16.3. The fourth-order valence-electron chi connectivity index (χ4n) is 4.73. The minimum absolute atomic E-state index is 0.0480. The van der Waals surface area contributed by atoms with E-state index < -0.39 is 0 Å². The number of likely N-dealkylation sites (N-methyl/N-ethyl adjacent to an activating group) is 1. The maximum absolute atomic E-state index is 12.9. The Morgan fingerprint density at radius 3 is 2.81 bits per heavy atom. The summed E-state index contributed by atoms with van der Waals surface area (Å²) >= 11 is 1.56. The Kier molecular flexibility index (Phi) is 5.27. The lowest BCUT2D eigenvalue weighted by Crippen LogP contribution is -2.48. The molecule has 0 spiro atoms. The zero-order chi connectivity index (χ0) is 18.1. The molecule has 4 fully saturated rings. The second kappa shape index (κ2) is 7.64. The van der Waals surface area contributed by atoms with Crippen LogP contribution >= 0.6 is 11.3 Å². The predicted octanol–water partition coefficient (Wildman–Crippen LogP) is 1.97. The van der Waals surface area contributed by atoms with E-state index in [-0.39, 0.29) is 23.8 Å². The SMILES string of the molecule is CN(CC(=O)N1C[C@H]2CC[C@@H](C1)N(Cc1cscn1)C2=O)C1CCCC1.